The Hall–Kier alpha value is -4.48. The van der Waals surface area contributed by atoms with Crippen molar-refractivity contribution in [2.45, 2.75) is 44.2 Å². The molecule has 5 rings (SSSR count). The Morgan fingerprint density at radius 1 is 1.09 bits per heavy atom. The first-order valence-electron chi connectivity index (χ1n) is 15.1. The summed E-state index contributed by atoms with van der Waals surface area (Å²) in [6.07, 6.45) is 4.98. The molecule has 3 unspecified atom stereocenters. The first kappa shape index (κ1) is 31.0. The molecule has 2 aromatic heterocycles. The third-order valence-corrected chi connectivity index (χ3v) is 8.42. The number of rotatable bonds is 12. The number of piperazine rings is 1. The number of hydrogen-bond donors (Lipinski definition) is 2. The number of aromatic nitrogens is 3. The van der Waals surface area contributed by atoms with Gasteiger partial charge in [-0.1, -0.05) is 18.1 Å². The molecule has 3 aromatic rings. The van der Waals surface area contributed by atoms with Crippen molar-refractivity contribution in [2.24, 2.45) is 5.92 Å². The Kier molecular flexibility index (Phi) is 10.4. The van der Waals surface area contributed by atoms with Gasteiger partial charge in [-0.25, -0.2) is 4.98 Å². The Morgan fingerprint density at radius 3 is 2.61 bits per heavy atom. The molecule has 2 fully saturated rings. The molecule has 230 valence electrons. The summed E-state index contributed by atoms with van der Waals surface area (Å²) in [5, 5.41) is 27.7. The van der Waals surface area contributed by atoms with Gasteiger partial charge in [-0.15, -0.1) is 10.2 Å². The summed E-state index contributed by atoms with van der Waals surface area (Å²) in [4.78, 5) is 11.2. The van der Waals surface area contributed by atoms with Crippen LogP contribution in [0.5, 0.6) is 5.75 Å². The Morgan fingerprint density at radius 2 is 1.89 bits per heavy atom. The molecule has 2 aliphatic rings. The van der Waals surface area contributed by atoms with E-state index in [1.165, 1.54) is 0 Å². The number of nitrogens with two attached hydrogens (primary N) is 1. The summed E-state index contributed by atoms with van der Waals surface area (Å²) in [6.45, 7) is 2.11. The van der Waals surface area contributed by atoms with Crippen molar-refractivity contribution >= 4 is 17.2 Å². The maximum Gasteiger partial charge on any atom is 0.169 e. The van der Waals surface area contributed by atoms with Crippen molar-refractivity contribution in [1.29, 1.82) is 5.26 Å². The number of nitriles is 1. The van der Waals surface area contributed by atoms with Gasteiger partial charge in [0.05, 0.1) is 37.3 Å². The molecule has 2 aliphatic heterocycles. The zero-order valence-corrected chi connectivity index (χ0v) is 24.7. The number of halogens is 2. The zero-order chi connectivity index (χ0) is 30.9. The van der Waals surface area contributed by atoms with Gasteiger partial charge in [0.2, 0.25) is 0 Å². The van der Waals surface area contributed by atoms with E-state index in [4.69, 9.17) is 11.0 Å². The molecule has 11 heteroatoms. The van der Waals surface area contributed by atoms with Crippen molar-refractivity contribution in [2.75, 3.05) is 61.6 Å². The van der Waals surface area contributed by atoms with E-state index < -0.39 is 13.3 Å². The first-order valence-corrected chi connectivity index (χ1v) is 15.1. The number of para-hydroxylation sites is 1. The highest BCUT2D eigenvalue weighted by atomic mass is 19.1. The predicted molar refractivity (Wildman–Crippen MR) is 168 cm³/mol. The van der Waals surface area contributed by atoms with Crippen LogP contribution in [0.3, 0.4) is 0 Å². The maximum atomic E-state index is 13.2. The lowest BCUT2D eigenvalue weighted by molar-refractivity contribution is 0.247. The van der Waals surface area contributed by atoms with Crippen LogP contribution in [0.4, 0.5) is 26.0 Å². The largest absolute Gasteiger partial charge is 0.507 e. The van der Waals surface area contributed by atoms with Gasteiger partial charge in [0.1, 0.15) is 11.4 Å². The fourth-order valence-corrected chi connectivity index (χ4v) is 6.16. The number of aromatic hydroxyl groups is 1. The number of alkyl halides is 2. The van der Waals surface area contributed by atoms with Gasteiger partial charge in [-0.2, -0.15) is 5.26 Å². The van der Waals surface area contributed by atoms with Gasteiger partial charge in [0, 0.05) is 61.5 Å². The van der Waals surface area contributed by atoms with E-state index in [1.54, 1.807) is 18.3 Å². The van der Waals surface area contributed by atoms with Crippen LogP contribution in [0.25, 0.3) is 11.3 Å². The Balaban J connectivity index is 1.26. The molecule has 0 radical (unpaired) electrons. The second-order valence-electron chi connectivity index (χ2n) is 11.4. The average Bonchev–Trinajstić information content (AvgIpc) is 3.31. The van der Waals surface area contributed by atoms with Crippen molar-refractivity contribution in [3.63, 3.8) is 0 Å². The minimum absolute atomic E-state index is 0.146. The van der Waals surface area contributed by atoms with Gasteiger partial charge >= 0.3 is 0 Å². The van der Waals surface area contributed by atoms with E-state index in [-0.39, 0.29) is 30.2 Å². The van der Waals surface area contributed by atoms with Crippen molar-refractivity contribution < 1.29 is 13.9 Å². The number of fused-ring (bicyclic) bond motifs is 2. The second-order valence-corrected chi connectivity index (χ2v) is 11.4. The zero-order valence-electron chi connectivity index (χ0n) is 24.7. The van der Waals surface area contributed by atoms with Crippen LogP contribution in [0.1, 0.15) is 37.8 Å². The van der Waals surface area contributed by atoms with Gasteiger partial charge in [-0.3, -0.25) is 13.7 Å². The number of pyridine rings is 1. The average molecular weight is 601 g/mol. The quantitative estimate of drug-likeness (QED) is 0.288. The summed E-state index contributed by atoms with van der Waals surface area (Å²) in [5.41, 5.74) is 10.0. The molecule has 0 aliphatic carbocycles. The van der Waals surface area contributed by atoms with E-state index in [1.807, 2.05) is 41.3 Å². The van der Waals surface area contributed by atoms with E-state index in [0.29, 0.717) is 55.2 Å². The molecular weight excluding hydrogens is 562 g/mol. The fraction of sp³-hybridized carbons (Fsp3) is 0.455. The summed E-state index contributed by atoms with van der Waals surface area (Å²) in [6, 6.07) is 15.6. The summed E-state index contributed by atoms with van der Waals surface area (Å²) < 4.78 is 26.1. The van der Waals surface area contributed by atoms with Gasteiger partial charge in [0.15, 0.2) is 5.82 Å². The number of nitrogen functional groups attached to an aromatic ring is 1. The summed E-state index contributed by atoms with van der Waals surface area (Å²) >= 11 is 0. The molecule has 3 atom stereocenters. The van der Waals surface area contributed by atoms with E-state index >= 15 is 0 Å². The van der Waals surface area contributed by atoms with Gasteiger partial charge in [-0.05, 0) is 68.5 Å². The molecule has 2 saturated heterocycles. The monoisotopic (exact) mass is 600 g/mol. The van der Waals surface area contributed by atoms with Crippen LogP contribution in [-0.4, -0.2) is 83.3 Å². The van der Waals surface area contributed by atoms with Gasteiger partial charge in [0.25, 0.3) is 0 Å². The highest BCUT2D eigenvalue weighted by Gasteiger charge is 2.40. The smallest absolute Gasteiger partial charge is 0.169 e. The van der Waals surface area contributed by atoms with Crippen LogP contribution in [-0.2, 0) is 0 Å². The molecule has 44 heavy (non-hydrogen) atoms. The normalized spacial score (nSPS) is 18.1. The molecule has 4 heterocycles. The third kappa shape index (κ3) is 7.35. The van der Waals surface area contributed by atoms with Crippen molar-refractivity contribution in [3.8, 4) is 34.9 Å². The molecular formula is C33H38F2N8O. The van der Waals surface area contributed by atoms with Gasteiger partial charge < -0.3 is 20.6 Å². The minimum atomic E-state index is -0.532. The molecule has 0 saturated carbocycles. The second kappa shape index (κ2) is 14.8. The standard InChI is InChI=1S/C33H38F2N8O/c34-13-4-17-41(18-12-24(21-35)10-14-36)16-3-5-25-19-26(11-15-38-25)43-27-8-9-28(43)23-42(22-27)31-20-30(39-40-33(31)37)29-6-1-2-7-32(29)44/h1-2,6-7,11,15,19-20,24,27-28,44H,4,8-10,12-13,16-18,21-23H2,(H2,37,40). The van der Waals surface area contributed by atoms with E-state index in [9.17, 15) is 13.9 Å². The van der Waals surface area contributed by atoms with E-state index in [2.05, 4.69) is 36.8 Å². The van der Waals surface area contributed by atoms with Crippen LogP contribution in [0.2, 0.25) is 0 Å². The van der Waals surface area contributed by atoms with Crippen LogP contribution < -0.4 is 15.5 Å². The predicted octanol–water partition coefficient (Wildman–Crippen LogP) is 4.59. The molecule has 0 spiro atoms. The third-order valence-electron chi connectivity index (χ3n) is 8.42. The van der Waals surface area contributed by atoms with Crippen molar-refractivity contribution in [1.82, 2.24) is 20.1 Å². The first-order chi connectivity index (χ1) is 21.5. The molecule has 1 aromatic carbocycles. The van der Waals surface area contributed by atoms with Crippen LogP contribution in [0.15, 0.2) is 48.7 Å². The molecule has 2 bridgehead atoms. The molecule has 0 amide bonds. The minimum Gasteiger partial charge on any atom is -0.507 e. The highest BCUT2D eigenvalue weighted by molar-refractivity contribution is 5.74. The number of nitrogens with zero attached hydrogens (tertiary/aromatic N) is 7. The highest BCUT2D eigenvalue weighted by Crippen LogP contribution is 2.39. The lowest BCUT2D eigenvalue weighted by Gasteiger charge is -2.43. The number of hydrogen-bond acceptors (Lipinski definition) is 9. The summed E-state index contributed by atoms with van der Waals surface area (Å²) in [7, 11) is 0. The fourth-order valence-electron chi connectivity index (χ4n) is 6.16. The number of anilines is 3. The SMILES string of the molecule is N#CCC(CF)CCN(CC#Cc1cc(N2C3CCC2CN(c2cc(-c4ccccc4O)nnc2N)C3)ccn1)CCCF. The Bertz CT molecular complexity index is 1510. The molecule has 3 N–H and O–H groups in total. The lowest BCUT2D eigenvalue weighted by Crippen LogP contribution is -2.54. The lowest BCUT2D eigenvalue weighted by atomic mass is 10.0. The van der Waals surface area contributed by atoms with Crippen LogP contribution >= 0.6 is 0 Å². The maximum absolute atomic E-state index is 13.2. The van der Waals surface area contributed by atoms with Crippen LogP contribution in [0, 0.1) is 29.1 Å². The van der Waals surface area contributed by atoms with E-state index in [0.717, 1.165) is 37.3 Å². The Labute approximate surface area is 257 Å². The number of phenols is 1. The molecule has 9 nitrogen and oxygen atoms in total. The number of benzene rings is 1. The summed E-state index contributed by atoms with van der Waals surface area (Å²) in [5.74, 6) is 6.54. The number of phenolic OH excluding ortho intramolecular Hbond substituents is 1. The van der Waals surface area contributed by atoms with Crippen molar-refractivity contribution in [3.05, 3.63) is 54.4 Å². The topological polar surface area (TPSA) is 118 Å².